The molecular weight excluding hydrogens is 396 g/mol. The number of aromatic nitrogens is 4. The lowest BCUT2D eigenvalue weighted by Crippen LogP contribution is -2.29. The molecule has 0 aromatic carbocycles. The van der Waals surface area contributed by atoms with Gasteiger partial charge in [-0.05, 0) is 50.5 Å². The third kappa shape index (κ3) is 2.86. The predicted octanol–water partition coefficient (Wildman–Crippen LogP) is 4.35. The van der Waals surface area contributed by atoms with Crippen LogP contribution in [0.2, 0.25) is 0 Å². The summed E-state index contributed by atoms with van der Waals surface area (Å²) in [4.78, 5) is 9.94. The van der Waals surface area contributed by atoms with Crippen LogP contribution in [0, 0.1) is 11.3 Å². The Bertz CT molecular complexity index is 1260. The first-order chi connectivity index (χ1) is 14.6. The zero-order valence-electron chi connectivity index (χ0n) is 16.3. The lowest BCUT2D eigenvalue weighted by atomic mass is 9.72. The van der Waals surface area contributed by atoms with Gasteiger partial charge in [0, 0.05) is 22.8 Å². The summed E-state index contributed by atoms with van der Waals surface area (Å²) in [5.41, 5.74) is 9.37. The van der Waals surface area contributed by atoms with Crippen LogP contribution in [-0.2, 0) is 11.8 Å². The lowest BCUT2D eigenvalue weighted by Gasteiger charge is -2.30. The maximum absolute atomic E-state index is 9.64. The average molecular weight is 414 g/mol. The van der Waals surface area contributed by atoms with Crippen molar-refractivity contribution >= 4 is 16.3 Å². The minimum Gasteiger partial charge on any atom is -0.420 e. The number of nitrogen functional groups attached to an aromatic ring is 1. The number of nitrogens with two attached hydrogens (primary N) is 1. The van der Waals surface area contributed by atoms with Crippen LogP contribution in [0.5, 0.6) is 0 Å². The van der Waals surface area contributed by atoms with Crippen LogP contribution in [0.3, 0.4) is 0 Å². The fourth-order valence-corrected chi connectivity index (χ4v) is 5.25. The first-order valence-corrected chi connectivity index (χ1v) is 10.5. The minimum atomic E-state index is -0.528. The van der Waals surface area contributed by atoms with E-state index in [0.29, 0.717) is 22.3 Å². The Morgan fingerprint density at radius 2 is 2.03 bits per heavy atom. The van der Waals surface area contributed by atoms with Gasteiger partial charge >= 0.3 is 0 Å². The molecule has 0 bridgehead atoms. The molecular formula is C22H18N6OS. The van der Waals surface area contributed by atoms with Crippen LogP contribution in [-0.4, -0.2) is 20.2 Å². The molecule has 4 heterocycles. The number of nitriles is 1. The van der Waals surface area contributed by atoms with E-state index in [0.717, 1.165) is 46.7 Å². The molecule has 0 saturated heterocycles. The Labute approximate surface area is 177 Å². The molecule has 5 rings (SSSR count). The molecule has 1 aliphatic rings. The smallest absolute Gasteiger partial charge is 0.249 e. The molecule has 1 unspecified atom stereocenters. The molecule has 8 heteroatoms. The quantitative estimate of drug-likeness (QED) is 0.530. The van der Waals surface area contributed by atoms with Crippen molar-refractivity contribution in [1.29, 1.82) is 5.26 Å². The molecule has 1 aliphatic carbocycles. The second kappa shape index (κ2) is 7.04. The zero-order valence-corrected chi connectivity index (χ0v) is 17.1. The van der Waals surface area contributed by atoms with Gasteiger partial charge in [0.25, 0.3) is 0 Å². The third-order valence-corrected chi connectivity index (χ3v) is 6.67. The molecule has 2 N–H and O–H groups in total. The highest BCUT2D eigenvalue weighted by atomic mass is 32.1. The van der Waals surface area contributed by atoms with Gasteiger partial charge in [-0.3, -0.25) is 9.97 Å². The molecule has 4 aromatic rings. The topological polar surface area (TPSA) is 115 Å². The lowest BCUT2D eigenvalue weighted by molar-refractivity contribution is 0.357. The van der Waals surface area contributed by atoms with Gasteiger partial charge in [0.05, 0.1) is 27.9 Å². The maximum atomic E-state index is 9.64. The van der Waals surface area contributed by atoms with Gasteiger partial charge in [0.2, 0.25) is 11.8 Å². The molecule has 0 amide bonds. The summed E-state index contributed by atoms with van der Waals surface area (Å²) >= 11 is 1.49. The maximum Gasteiger partial charge on any atom is 0.249 e. The van der Waals surface area contributed by atoms with Gasteiger partial charge in [-0.25, -0.2) is 0 Å². The van der Waals surface area contributed by atoms with Crippen molar-refractivity contribution in [2.24, 2.45) is 0 Å². The molecule has 0 radical (unpaired) electrons. The first kappa shape index (κ1) is 18.5. The SMILES string of the molecule is CC1(c2nnc(-c3ccc(-c4ccccn4)nc3)o2)CCCc2sc(N)c(C#N)c21. The largest absolute Gasteiger partial charge is 0.420 e. The second-order valence-electron chi connectivity index (χ2n) is 7.50. The fourth-order valence-electron chi connectivity index (χ4n) is 4.06. The third-order valence-electron chi connectivity index (χ3n) is 5.59. The van der Waals surface area contributed by atoms with Crippen LogP contribution >= 0.6 is 11.3 Å². The highest BCUT2D eigenvalue weighted by Gasteiger charge is 2.42. The standard InChI is InChI=1S/C22H18N6OS/c1-22(9-4-6-17-18(22)14(11-23)19(24)30-17)21-28-27-20(29-21)13-7-8-16(26-12-13)15-5-2-3-10-25-15/h2-3,5,7-8,10,12H,4,6,9,24H2,1H3. The molecule has 4 aromatic heterocycles. The van der Waals surface area contributed by atoms with Crippen molar-refractivity contribution < 1.29 is 4.42 Å². The van der Waals surface area contributed by atoms with Crippen LogP contribution in [0.25, 0.3) is 22.8 Å². The van der Waals surface area contributed by atoms with E-state index in [1.807, 2.05) is 30.3 Å². The minimum absolute atomic E-state index is 0.403. The summed E-state index contributed by atoms with van der Waals surface area (Å²) in [5.74, 6) is 0.904. The summed E-state index contributed by atoms with van der Waals surface area (Å²) in [5, 5.41) is 18.8. The van der Waals surface area contributed by atoms with E-state index in [1.54, 1.807) is 12.4 Å². The van der Waals surface area contributed by atoms with Gasteiger partial charge in [0.1, 0.15) is 11.1 Å². The number of hydrogen-bond donors (Lipinski definition) is 1. The van der Waals surface area contributed by atoms with Gasteiger partial charge in [-0.15, -0.1) is 21.5 Å². The zero-order chi connectivity index (χ0) is 20.7. The fraction of sp³-hybridized carbons (Fsp3) is 0.227. The van der Waals surface area contributed by atoms with E-state index in [4.69, 9.17) is 10.2 Å². The normalized spacial score (nSPS) is 18.0. The van der Waals surface area contributed by atoms with Crippen LogP contribution < -0.4 is 5.73 Å². The van der Waals surface area contributed by atoms with Gasteiger partial charge in [-0.1, -0.05) is 6.07 Å². The molecule has 148 valence electrons. The van der Waals surface area contributed by atoms with Gasteiger partial charge in [0.15, 0.2) is 0 Å². The Morgan fingerprint density at radius 1 is 1.17 bits per heavy atom. The van der Waals surface area contributed by atoms with Crippen molar-refractivity contribution in [1.82, 2.24) is 20.2 Å². The van der Waals surface area contributed by atoms with E-state index in [2.05, 4.69) is 33.2 Å². The number of aryl methyl sites for hydroxylation is 1. The average Bonchev–Trinajstić information content (AvgIpc) is 3.40. The summed E-state index contributed by atoms with van der Waals surface area (Å²) < 4.78 is 6.10. The monoisotopic (exact) mass is 414 g/mol. The van der Waals surface area contributed by atoms with Crippen LogP contribution in [0.4, 0.5) is 5.00 Å². The van der Waals surface area contributed by atoms with E-state index in [-0.39, 0.29) is 0 Å². The number of hydrogen-bond acceptors (Lipinski definition) is 8. The summed E-state index contributed by atoms with van der Waals surface area (Å²) in [6, 6.07) is 11.8. The summed E-state index contributed by atoms with van der Waals surface area (Å²) in [6.07, 6.45) is 6.16. The van der Waals surface area contributed by atoms with E-state index in [1.165, 1.54) is 11.3 Å². The predicted molar refractivity (Wildman–Crippen MR) is 114 cm³/mol. The highest BCUT2D eigenvalue weighted by Crippen LogP contribution is 2.48. The van der Waals surface area contributed by atoms with Crippen molar-refractivity contribution in [3.05, 3.63) is 64.6 Å². The number of nitrogens with zero attached hydrogens (tertiary/aromatic N) is 5. The Hall–Kier alpha value is -3.57. The number of anilines is 1. The number of pyridine rings is 2. The molecule has 7 nitrogen and oxygen atoms in total. The second-order valence-corrected chi connectivity index (χ2v) is 8.63. The van der Waals surface area contributed by atoms with Crippen molar-refractivity contribution in [3.8, 4) is 28.9 Å². The molecule has 0 aliphatic heterocycles. The molecule has 1 atom stereocenters. The number of rotatable bonds is 3. The number of fused-ring (bicyclic) bond motifs is 1. The van der Waals surface area contributed by atoms with Gasteiger partial charge in [-0.2, -0.15) is 5.26 Å². The summed E-state index contributed by atoms with van der Waals surface area (Å²) in [6.45, 7) is 2.05. The molecule has 30 heavy (non-hydrogen) atoms. The van der Waals surface area contributed by atoms with E-state index < -0.39 is 5.41 Å². The highest BCUT2D eigenvalue weighted by molar-refractivity contribution is 7.16. The molecule has 0 fully saturated rings. The Balaban J connectivity index is 1.51. The summed E-state index contributed by atoms with van der Waals surface area (Å²) in [7, 11) is 0. The first-order valence-electron chi connectivity index (χ1n) is 9.63. The van der Waals surface area contributed by atoms with Crippen molar-refractivity contribution in [2.75, 3.05) is 5.73 Å². The molecule has 0 spiro atoms. The van der Waals surface area contributed by atoms with Crippen LogP contribution in [0.1, 0.15) is 41.7 Å². The van der Waals surface area contributed by atoms with Crippen molar-refractivity contribution in [3.63, 3.8) is 0 Å². The van der Waals surface area contributed by atoms with Crippen LogP contribution in [0.15, 0.2) is 47.1 Å². The van der Waals surface area contributed by atoms with Crippen molar-refractivity contribution in [2.45, 2.75) is 31.6 Å². The Morgan fingerprint density at radius 3 is 2.77 bits per heavy atom. The molecule has 0 saturated carbocycles. The van der Waals surface area contributed by atoms with E-state index in [9.17, 15) is 5.26 Å². The van der Waals surface area contributed by atoms with E-state index >= 15 is 0 Å². The number of thiophene rings is 1. The van der Waals surface area contributed by atoms with Gasteiger partial charge < -0.3 is 10.2 Å². The Kier molecular flexibility index (Phi) is 4.33.